The molecular weight excluding hydrogens is 231 g/mol. The normalized spacial score (nSPS) is 10.4. The molecule has 1 aromatic carbocycles. The number of nitrogens with zero attached hydrogens (tertiary/aromatic N) is 2. The van der Waals surface area contributed by atoms with Gasteiger partial charge >= 0.3 is 0 Å². The van der Waals surface area contributed by atoms with Crippen LogP contribution in [0.1, 0.15) is 10.5 Å². The van der Waals surface area contributed by atoms with Gasteiger partial charge in [0.1, 0.15) is 11.5 Å². The molecule has 0 fully saturated rings. The van der Waals surface area contributed by atoms with Crippen LogP contribution in [-0.2, 0) is 7.05 Å². The van der Waals surface area contributed by atoms with Gasteiger partial charge in [0, 0.05) is 12.6 Å². The SMILES string of the molecule is Cn1nc(C=O)c(Cl)c1-c1ccccc1F. The zero-order valence-corrected chi connectivity index (χ0v) is 9.20. The summed E-state index contributed by atoms with van der Waals surface area (Å²) in [6.45, 7) is 0. The van der Waals surface area contributed by atoms with Crippen molar-refractivity contribution < 1.29 is 9.18 Å². The van der Waals surface area contributed by atoms with Crippen LogP contribution in [0, 0.1) is 5.82 Å². The largest absolute Gasteiger partial charge is 0.296 e. The molecule has 0 atom stereocenters. The maximum Gasteiger partial charge on any atom is 0.171 e. The Morgan fingerprint density at radius 2 is 2.12 bits per heavy atom. The van der Waals surface area contributed by atoms with Gasteiger partial charge in [0.05, 0.1) is 10.7 Å². The fourth-order valence-corrected chi connectivity index (χ4v) is 1.85. The molecule has 0 saturated carbocycles. The summed E-state index contributed by atoms with van der Waals surface area (Å²) in [6, 6.07) is 6.21. The number of aryl methyl sites for hydroxylation is 1. The van der Waals surface area contributed by atoms with Gasteiger partial charge in [0.2, 0.25) is 0 Å². The van der Waals surface area contributed by atoms with Crippen molar-refractivity contribution in [2.45, 2.75) is 0 Å². The molecule has 5 heteroatoms. The number of hydrogen-bond donors (Lipinski definition) is 0. The number of halogens is 2. The molecular formula is C11H8ClFN2O. The highest BCUT2D eigenvalue weighted by molar-refractivity contribution is 6.35. The predicted molar refractivity (Wildman–Crippen MR) is 59.0 cm³/mol. The summed E-state index contributed by atoms with van der Waals surface area (Å²) in [7, 11) is 1.61. The summed E-state index contributed by atoms with van der Waals surface area (Å²) < 4.78 is 15.0. The summed E-state index contributed by atoms with van der Waals surface area (Å²) in [4.78, 5) is 10.7. The second-order valence-electron chi connectivity index (χ2n) is 3.27. The number of carbonyl (C=O) groups is 1. The average Bonchev–Trinajstić information content (AvgIpc) is 2.55. The molecule has 0 radical (unpaired) electrons. The van der Waals surface area contributed by atoms with E-state index in [9.17, 15) is 9.18 Å². The van der Waals surface area contributed by atoms with Gasteiger partial charge in [-0.15, -0.1) is 0 Å². The predicted octanol–water partition coefficient (Wildman–Crippen LogP) is 2.69. The van der Waals surface area contributed by atoms with Gasteiger partial charge in [-0.25, -0.2) is 4.39 Å². The van der Waals surface area contributed by atoms with Gasteiger partial charge in [-0.2, -0.15) is 5.10 Å². The molecule has 0 aliphatic heterocycles. The first-order chi connectivity index (χ1) is 7.65. The van der Waals surface area contributed by atoms with Crippen LogP contribution in [0.25, 0.3) is 11.3 Å². The Morgan fingerprint density at radius 1 is 1.44 bits per heavy atom. The van der Waals surface area contributed by atoms with Crippen LogP contribution < -0.4 is 0 Å². The van der Waals surface area contributed by atoms with Crippen molar-refractivity contribution in [2.75, 3.05) is 0 Å². The Kier molecular flexibility index (Phi) is 2.75. The van der Waals surface area contributed by atoms with Crippen LogP contribution in [0.2, 0.25) is 5.02 Å². The van der Waals surface area contributed by atoms with E-state index in [-0.39, 0.29) is 10.7 Å². The van der Waals surface area contributed by atoms with Crippen LogP contribution in [0.3, 0.4) is 0 Å². The van der Waals surface area contributed by atoms with Gasteiger partial charge in [-0.05, 0) is 12.1 Å². The molecule has 0 amide bonds. The molecule has 0 saturated heterocycles. The van der Waals surface area contributed by atoms with E-state index in [4.69, 9.17) is 11.6 Å². The topological polar surface area (TPSA) is 34.9 Å². The number of aldehydes is 1. The number of rotatable bonds is 2. The van der Waals surface area contributed by atoms with Crippen molar-refractivity contribution in [2.24, 2.45) is 7.05 Å². The molecule has 0 aliphatic carbocycles. The minimum absolute atomic E-state index is 0.113. The van der Waals surface area contributed by atoms with E-state index in [0.717, 1.165) is 0 Å². The molecule has 0 unspecified atom stereocenters. The second-order valence-corrected chi connectivity index (χ2v) is 3.65. The zero-order chi connectivity index (χ0) is 11.7. The molecule has 3 nitrogen and oxygen atoms in total. The third-order valence-electron chi connectivity index (χ3n) is 2.25. The van der Waals surface area contributed by atoms with Crippen molar-refractivity contribution >= 4 is 17.9 Å². The van der Waals surface area contributed by atoms with Gasteiger partial charge in [0.25, 0.3) is 0 Å². The molecule has 16 heavy (non-hydrogen) atoms. The van der Waals surface area contributed by atoms with Crippen LogP contribution in [0.5, 0.6) is 0 Å². The first-order valence-electron chi connectivity index (χ1n) is 4.57. The lowest BCUT2D eigenvalue weighted by atomic mass is 10.1. The highest BCUT2D eigenvalue weighted by Gasteiger charge is 2.17. The third-order valence-corrected chi connectivity index (χ3v) is 2.63. The van der Waals surface area contributed by atoms with Crippen LogP contribution in [0.15, 0.2) is 24.3 Å². The number of benzene rings is 1. The summed E-state index contributed by atoms with van der Waals surface area (Å²) in [5.41, 5.74) is 0.847. The Hall–Kier alpha value is -1.68. The van der Waals surface area contributed by atoms with Crippen molar-refractivity contribution in [3.63, 3.8) is 0 Å². The Labute approximate surface area is 96.5 Å². The number of carbonyl (C=O) groups excluding carboxylic acids is 1. The fourth-order valence-electron chi connectivity index (χ4n) is 1.54. The molecule has 2 aromatic rings. The van der Waals surface area contributed by atoms with Gasteiger partial charge in [0.15, 0.2) is 6.29 Å². The minimum Gasteiger partial charge on any atom is -0.296 e. The monoisotopic (exact) mass is 238 g/mol. The van der Waals surface area contributed by atoms with E-state index in [1.54, 1.807) is 25.2 Å². The lowest BCUT2D eigenvalue weighted by molar-refractivity contribution is 0.111. The average molecular weight is 239 g/mol. The third kappa shape index (κ3) is 1.61. The van der Waals surface area contributed by atoms with E-state index in [1.165, 1.54) is 10.7 Å². The molecule has 2 rings (SSSR count). The van der Waals surface area contributed by atoms with E-state index in [1.807, 2.05) is 0 Å². The molecule has 82 valence electrons. The molecule has 0 aliphatic rings. The van der Waals surface area contributed by atoms with E-state index in [2.05, 4.69) is 5.10 Å². The highest BCUT2D eigenvalue weighted by atomic mass is 35.5. The Bertz CT molecular complexity index is 551. The minimum atomic E-state index is -0.398. The maximum absolute atomic E-state index is 13.6. The van der Waals surface area contributed by atoms with E-state index >= 15 is 0 Å². The first kappa shape index (κ1) is 10.8. The van der Waals surface area contributed by atoms with Crippen LogP contribution in [-0.4, -0.2) is 16.1 Å². The molecule has 1 heterocycles. The first-order valence-corrected chi connectivity index (χ1v) is 4.95. The van der Waals surface area contributed by atoms with Crippen LogP contribution in [0.4, 0.5) is 4.39 Å². The summed E-state index contributed by atoms with van der Waals surface area (Å²) >= 11 is 5.95. The van der Waals surface area contributed by atoms with Gasteiger partial charge < -0.3 is 0 Å². The second kappa shape index (κ2) is 4.06. The summed E-state index contributed by atoms with van der Waals surface area (Å²) in [6.07, 6.45) is 0.548. The van der Waals surface area contributed by atoms with Gasteiger partial charge in [-0.1, -0.05) is 23.7 Å². The smallest absolute Gasteiger partial charge is 0.171 e. The summed E-state index contributed by atoms with van der Waals surface area (Å²) in [5, 5.41) is 4.07. The maximum atomic E-state index is 13.6. The van der Waals surface area contributed by atoms with Crippen molar-refractivity contribution in [3.8, 4) is 11.3 Å². The van der Waals surface area contributed by atoms with Crippen molar-refractivity contribution in [3.05, 3.63) is 40.8 Å². The Balaban J connectivity index is 2.69. The van der Waals surface area contributed by atoms with Crippen LogP contribution >= 0.6 is 11.6 Å². The lowest BCUT2D eigenvalue weighted by Crippen LogP contribution is -1.95. The van der Waals surface area contributed by atoms with Gasteiger partial charge in [-0.3, -0.25) is 9.48 Å². The van der Waals surface area contributed by atoms with Crippen molar-refractivity contribution in [1.29, 1.82) is 0 Å². The fraction of sp³-hybridized carbons (Fsp3) is 0.0909. The van der Waals surface area contributed by atoms with E-state index < -0.39 is 5.82 Å². The summed E-state index contributed by atoms with van der Waals surface area (Å²) in [5.74, 6) is -0.398. The lowest BCUT2D eigenvalue weighted by Gasteiger charge is -2.03. The molecule has 0 spiro atoms. The zero-order valence-electron chi connectivity index (χ0n) is 8.45. The molecule has 0 bridgehead atoms. The molecule has 0 N–H and O–H groups in total. The highest BCUT2D eigenvalue weighted by Crippen LogP contribution is 2.31. The standard InChI is InChI=1S/C11H8ClFN2O/c1-15-11(10(12)9(6-16)14-15)7-4-2-3-5-8(7)13/h2-6H,1H3. The molecule has 1 aromatic heterocycles. The Morgan fingerprint density at radius 3 is 2.69 bits per heavy atom. The van der Waals surface area contributed by atoms with Crippen molar-refractivity contribution in [1.82, 2.24) is 9.78 Å². The number of aromatic nitrogens is 2. The van der Waals surface area contributed by atoms with E-state index in [0.29, 0.717) is 17.5 Å². The number of hydrogen-bond acceptors (Lipinski definition) is 2. The quantitative estimate of drug-likeness (QED) is 0.754.